The molecule has 0 spiro atoms. The molecule has 0 atom stereocenters. The number of nitrogens with one attached hydrogen (secondary N) is 2. The van der Waals surface area contributed by atoms with Gasteiger partial charge in [0.1, 0.15) is 0 Å². The van der Waals surface area contributed by atoms with Crippen LogP contribution in [0.3, 0.4) is 0 Å². The van der Waals surface area contributed by atoms with Gasteiger partial charge in [0, 0.05) is 51.9 Å². The van der Waals surface area contributed by atoms with E-state index in [9.17, 15) is 4.79 Å². The summed E-state index contributed by atoms with van der Waals surface area (Å²) in [6.45, 7) is 7.65. The minimum Gasteiger partial charge on any atom is -0.351 e. The molecule has 2 saturated heterocycles. The van der Waals surface area contributed by atoms with Gasteiger partial charge in [-0.3, -0.25) is 14.6 Å². The number of hydrogen-bond donors (Lipinski definition) is 2. The van der Waals surface area contributed by atoms with Gasteiger partial charge >= 0.3 is 0 Å². The van der Waals surface area contributed by atoms with Crippen LogP contribution in [0.15, 0.2) is 30.3 Å². The minimum atomic E-state index is 0.123. The molecular weight excluding hydrogens is 264 g/mol. The van der Waals surface area contributed by atoms with E-state index < -0.39 is 0 Å². The van der Waals surface area contributed by atoms with Crippen LogP contribution in [0.1, 0.15) is 5.56 Å². The zero-order valence-corrected chi connectivity index (χ0v) is 12.4. The molecule has 1 amide bonds. The van der Waals surface area contributed by atoms with Crippen LogP contribution in [-0.2, 0) is 11.3 Å². The van der Waals surface area contributed by atoms with Crippen molar-refractivity contribution in [1.82, 2.24) is 20.4 Å². The first-order valence-corrected chi connectivity index (χ1v) is 7.79. The van der Waals surface area contributed by atoms with Crippen molar-refractivity contribution in [2.45, 2.75) is 12.6 Å². The molecule has 0 bridgehead atoms. The number of benzene rings is 1. The van der Waals surface area contributed by atoms with Gasteiger partial charge in [-0.1, -0.05) is 30.3 Å². The maximum Gasteiger partial charge on any atom is 0.234 e. The molecule has 2 aliphatic rings. The third-order valence-electron chi connectivity index (χ3n) is 4.31. The van der Waals surface area contributed by atoms with Crippen molar-refractivity contribution in [2.24, 2.45) is 0 Å². The van der Waals surface area contributed by atoms with Gasteiger partial charge in [0.25, 0.3) is 0 Å². The van der Waals surface area contributed by atoms with E-state index in [1.807, 2.05) is 30.3 Å². The summed E-state index contributed by atoms with van der Waals surface area (Å²) >= 11 is 0. The fourth-order valence-corrected chi connectivity index (χ4v) is 3.01. The number of rotatable bonds is 5. The number of likely N-dealkylation sites (tertiary alicyclic amines) is 1. The van der Waals surface area contributed by atoms with Gasteiger partial charge in [-0.25, -0.2) is 0 Å². The molecule has 2 aliphatic heterocycles. The lowest BCUT2D eigenvalue weighted by atomic mass is 10.1. The molecule has 0 saturated carbocycles. The third-order valence-corrected chi connectivity index (χ3v) is 4.31. The largest absolute Gasteiger partial charge is 0.351 e. The lowest BCUT2D eigenvalue weighted by Gasteiger charge is -2.46. The second-order valence-corrected chi connectivity index (χ2v) is 5.90. The van der Waals surface area contributed by atoms with Gasteiger partial charge in [0.15, 0.2) is 0 Å². The second kappa shape index (κ2) is 7.02. The summed E-state index contributed by atoms with van der Waals surface area (Å²) in [5, 5.41) is 6.36. The van der Waals surface area contributed by atoms with Crippen molar-refractivity contribution in [3.05, 3.63) is 35.9 Å². The summed E-state index contributed by atoms with van der Waals surface area (Å²) in [5.41, 5.74) is 1.15. The molecule has 2 heterocycles. The van der Waals surface area contributed by atoms with Crippen LogP contribution in [-0.4, -0.2) is 67.6 Å². The molecule has 114 valence electrons. The van der Waals surface area contributed by atoms with Crippen LogP contribution < -0.4 is 10.6 Å². The summed E-state index contributed by atoms with van der Waals surface area (Å²) in [4.78, 5) is 16.7. The van der Waals surface area contributed by atoms with E-state index in [1.165, 1.54) is 0 Å². The Kier molecular flexibility index (Phi) is 4.85. The molecule has 5 heteroatoms. The molecule has 1 aromatic carbocycles. The van der Waals surface area contributed by atoms with Crippen molar-refractivity contribution < 1.29 is 4.79 Å². The van der Waals surface area contributed by atoms with Gasteiger partial charge < -0.3 is 10.6 Å². The molecule has 3 rings (SSSR count). The molecule has 0 radical (unpaired) electrons. The SMILES string of the molecule is O=C(CN1CC(N2CCNCC2)C1)NCc1ccccc1. The van der Waals surface area contributed by atoms with E-state index in [0.29, 0.717) is 19.1 Å². The predicted octanol–water partition coefficient (Wildman–Crippen LogP) is -0.108. The zero-order valence-electron chi connectivity index (χ0n) is 12.4. The predicted molar refractivity (Wildman–Crippen MR) is 83.0 cm³/mol. The number of amides is 1. The van der Waals surface area contributed by atoms with Gasteiger partial charge in [0.2, 0.25) is 5.91 Å². The summed E-state index contributed by atoms with van der Waals surface area (Å²) in [6.07, 6.45) is 0. The van der Waals surface area contributed by atoms with Gasteiger partial charge in [0.05, 0.1) is 6.54 Å². The second-order valence-electron chi connectivity index (χ2n) is 5.90. The summed E-state index contributed by atoms with van der Waals surface area (Å²) in [6, 6.07) is 10.7. The number of carbonyl (C=O) groups excluding carboxylic acids is 1. The maximum atomic E-state index is 11.9. The average Bonchev–Trinajstić information content (AvgIpc) is 2.50. The van der Waals surface area contributed by atoms with Crippen LogP contribution in [0.5, 0.6) is 0 Å². The van der Waals surface area contributed by atoms with Crippen molar-refractivity contribution in [1.29, 1.82) is 0 Å². The molecule has 21 heavy (non-hydrogen) atoms. The molecule has 0 unspecified atom stereocenters. The summed E-state index contributed by atoms with van der Waals surface area (Å²) in [5.74, 6) is 0.123. The zero-order chi connectivity index (χ0) is 14.5. The van der Waals surface area contributed by atoms with E-state index in [4.69, 9.17) is 0 Å². The Hall–Kier alpha value is -1.43. The first-order chi connectivity index (χ1) is 10.3. The first-order valence-electron chi connectivity index (χ1n) is 7.79. The fraction of sp³-hybridized carbons (Fsp3) is 0.562. The van der Waals surface area contributed by atoms with E-state index in [0.717, 1.165) is 44.8 Å². The van der Waals surface area contributed by atoms with Crippen molar-refractivity contribution in [3.8, 4) is 0 Å². The topological polar surface area (TPSA) is 47.6 Å². The Bertz CT molecular complexity index is 453. The maximum absolute atomic E-state index is 11.9. The van der Waals surface area contributed by atoms with Crippen LogP contribution in [0.25, 0.3) is 0 Å². The fourth-order valence-electron chi connectivity index (χ4n) is 3.01. The molecular formula is C16H24N4O. The highest BCUT2D eigenvalue weighted by atomic mass is 16.2. The highest BCUT2D eigenvalue weighted by molar-refractivity contribution is 5.78. The third kappa shape index (κ3) is 4.03. The molecule has 0 aromatic heterocycles. The highest BCUT2D eigenvalue weighted by Gasteiger charge is 2.32. The van der Waals surface area contributed by atoms with Gasteiger partial charge in [-0.05, 0) is 5.56 Å². The van der Waals surface area contributed by atoms with Crippen LogP contribution >= 0.6 is 0 Å². The Morgan fingerprint density at radius 3 is 2.62 bits per heavy atom. The molecule has 0 aliphatic carbocycles. The van der Waals surface area contributed by atoms with E-state index in [1.54, 1.807) is 0 Å². The molecule has 2 N–H and O–H groups in total. The highest BCUT2D eigenvalue weighted by Crippen LogP contribution is 2.14. The normalized spacial score (nSPS) is 21.0. The van der Waals surface area contributed by atoms with Crippen LogP contribution in [0.2, 0.25) is 0 Å². The summed E-state index contributed by atoms with van der Waals surface area (Å²) < 4.78 is 0. The molecule has 1 aromatic rings. The number of piperazine rings is 1. The van der Waals surface area contributed by atoms with Crippen molar-refractivity contribution in [2.75, 3.05) is 45.8 Å². The number of carbonyl (C=O) groups is 1. The Balaban J connectivity index is 1.33. The number of hydrogen-bond acceptors (Lipinski definition) is 4. The lowest BCUT2D eigenvalue weighted by molar-refractivity contribution is -0.124. The minimum absolute atomic E-state index is 0.123. The van der Waals surface area contributed by atoms with E-state index in [2.05, 4.69) is 20.4 Å². The first kappa shape index (κ1) is 14.5. The monoisotopic (exact) mass is 288 g/mol. The van der Waals surface area contributed by atoms with Crippen LogP contribution in [0, 0.1) is 0 Å². The smallest absolute Gasteiger partial charge is 0.234 e. The Labute approximate surface area is 126 Å². The lowest BCUT2D eigenvalue weighted by Crippen LogP contribution is -2.63. The Morgan fingerprint density at radius 1 is 1.19 bits per heavy atom. The van der Waals surface area contributed by atoms with Crippen molar-refractivity contribution >= 4 is 5.91 Å². The van der Waals surface area contributed by atoms with Crippen LogP contribution in [0.4, 0.5) is 0 Å². The average molecular weight is 288 g/mol. The van der Waals surface area contributed by atoms with E-state index in [-0.39, 0.29) is 5.91 Å². The van der Waals surface area contributed by atoms with Crippen molar-refractivity contribution in [3.63, 3.8) is 0 Å². The molecule has 2 fully saturated rings. The Morgan fingerprint density at radius 2 is 1.90 bits per heavy atom. The molecule has 5 nitrogen and oxygen atoms in total. The van der Waals surface area contributed by atoms with Gasteiger partial charge in [-0.15, -0.1) is 0 Å². The van der Waals surface area contributed by atoms with Gasteiger partial charge in [-0.2, -0.15) is 0 Å². The quantitative estimate of drug-likeness (QED) is 0.794. The summed E-state index contributed by atoms with van der Waals surface area (Å²) in [7, 11) is 0. The van der Waals surface area contributed by atoms with E-state index >= 15 is 0 Å². The standard InChI is InChI=1S/C16H24N4O/c21-16(18-10-14-4-2-1-3-5-14)13-19-11-15(12-19)20-8-6-17-7-9-20/h1-5,15,17H,6-13H2,(H,18,21). The number of nitrogens with zero attached hydrogens (tertiary/aromatic N) is 2.